The largest absolute Gasteiger partial charge is 0.355 e. The first kappa shape index (κ1) is 11.5. The van der Waals surface area contributed by atoms with Gasteiger partial charge in [-0.2, -0.15) is 0 Å². The maximum atomic E-state index is 11.2. The SMILES string of the molecule is CC[C@H](C)CNCCNC(=O)C1CC1. The predicted molar refractivity (Wildman–Crippen MR) is 58.1 cm³/mol. The number of hydrogen-bond acceptors (Lipinski definition) is 2. The lowest BCUT2D eigenvalue weighted by Crippen LogP contribution is -2.34. The van der Waals surface area contributed by atoms with Gasteiger partial charge in [-0.15, -0.1) is 0 Å². The van der Waals surface area contributed by atoms with E-state index < -0.39 is 0 Å². The Morgan fingerprint density at radius 1 is 1.43 bits per heavy atom. The maximum absolute atomic E-state index is 11.2. The normalized spacial score (nSPS) is 17.9. The van der Waals surface area contributed by atoms with Crippen LogP contribution in [0.25, 0.3) is 0 Å². The van der Waals surface area contributed by atoms with Gasteiger partial charge in [-0.1, -0.05) is 20.3 Å². The monoisotopic (exact) mass is 198 g/mol. The molecule has 1 saturated carbocycles. The Hall–Kier alpha value is -0.570. The summed E-state index contributed by atoms with van der Waals surface area (Å²) in [7, 11) is 0. The molecule has 1 aliphatic rings. The second kappa shape index (κ2) is 6.02. The predicted octanol–water partition coefficient (Wildman–Crippen LogP) is 1.15. The Labute approximate surface area is 86.6 Å². The molecule has 82 valence electrons. The summed E-state index contributed by atoms with van der Waals surface area (Å²) in [5.74, 6) is 1.31. The van der Waals surface area contributed by atoms with Gasteiger partial charge in [-0.3, -0.25) is 4.79 Å². The first-order valence-electron chi connectivity index (χ1n) is 5.72. The topological polar surface area (TPSA) is 41.1 Å². The van der Waals surface area contributed by atoms with E-state index in [0.29, 0.717) is 5.92 Å². The van der Waals surface area contributed by atoms with Crippen LogP contribution in [0, 0.1) is 11.8 Å². The van der Waals surface area contributed by atoms with Crippen LogP contribution in [0.3, 0.4) is 0 Å². The molecule has 0 aromatic rings. The molecule has 1 atom stereocenters. The average molecular weight is 198 g/mol. The van der Waals surface area contributed by atoms with Crippen molar-refractivity contribution in [3.8, 4) is 0 Å². The number of amides is 1. The van der Waals surface area contributed by atoms with E-state index in [1.807, 2.05) is 0 Å². The molecule has 3 nitrogen and oxygen atoms in total. The second-order valence-electron chi connectivity index (χ2n) is 4.28. The number of rotatable bonds is 7. The van der Waals surface area contributed by atoms with Crippen molar-refractivity contribution in [2.45, 2.75) is 33.1 Å². The van der Waals surface area contributed by atoms with E-state index in [9.17, 15) is 4.79 Å². The highest BCUT2D eigenvalue weighted by Crippen LogP contribution is 2.28. The lowest BCUT2D eigenvalue weighted by molar-refractivity contribution is -0.122. The lowest BCUT2D eigenvalue weighted by atomic mass is 10.1. The van der Waals surface area contributed by atoms with Crippen molar-refractivity contribution in [3.63, 3.8) is 0 Å². The summed E-state index contributed by atoms with van der Waals surface area (Å²) in [6.45, 7) is 7.14. The lowest BCUT2D eigenvalue weighted by Gasteiger charge is -2.10. The zero-order chi connectivity index (χ0) is 10.4. The van der Waals surface area contributed by atoms with Crippen molar-refractivity contribution >= 4 is 5.91 Å². The Balaban J connectivity index is 1.86. The molecule has 0 unspecified atom stereocenters. The molecule has 1 aliphatic carbocycles. The Kier molecular flexibility index (Phi) is 4.94. The zero-order valence-corrected chi connectivity index (χ0v) is 9.31. The van der Waals surface area contributed by atoms with Gasteiger partial charge in [-0.05, 0) is 25.3 Å². The second-order valence-corrected chi connectivity index (χ2v) is 4.28. The van der Waals surface area contributed by atoms with Gasteiger partial charge in [0.2, 0.25) is 5.91 Å². The zero-order valence-electron chi connectivity index (χ0n) is 9.31. The Morgan fingerprint density at radius 2 is 2.14 bits per heavy atom. The highest BCUT2D eigenvalue weighted by molar-refractivity contribution is 5.80. The minimum absolute atomic E-state index is 0.246. The molecule has 14 heavy (non-hydrogen) atoms. The fraction of sp³-hybridized carbons (Fsp3) is 0.909. The summed E-state index contributed by atoms with van der Waals surface area (Å²) >= 11 is 0. The Bertz CT molecular complexity index is 178. The van der Waals surface area contributed by atoms with E-state index in [2.05, 4.69) is 24.5 Å². The van der Waals surface area contributed by atoms with Gasteiger partial charge in [0, 0.05) is 19.0 Å². The molecule has 0 radical (unpaired) electrons. The van der Waals surface area contributed by atoms with Crippen LogP contribution in [-0.2, 0) is 4.79 Å². The van der Waals surface area contributed by atoms with Crippen molar-refractivity contribution in [3.05, 3.63) is 0 Å². The molecule has 1 fully saturated rings. The third-order valence-electron chi connectivity index (χ3n) is 2.74. The van der Waals surface area contributed by atoms with Gasteiger partial charge in [0.15, 0.2) is 0 Å². The van der Waals surface area contributed by atoms with E-state index >= 15 is 0 Å². The summed E-state index contributed by atoms with van der Waals surface area (Å²) < 4.78 is 0. The average Bonchev–Trinajstić information content (AvgIpc) is 2.99. The first-order chi connectivity index (χ1) is 6.74. The fourth-order valence-corrected chi connectivity index (χ4v) is 1.26. The third-order valence-corrected chi connectivity index (χ3v) is 2.74. The summed E-state index contributed by atoms with van der Waals surface area (Å²) in [4.78, 5) is 11.2. The van der Waals surface area contributed by atoms with Gasteiger partial charge in [-0.25, -0.2) is 0 Å². The molecule has 0 aromatic heterocycles. The van der Waals surface area contributed by atoms with Crippen molar-refractivity contribution in [1.82, 2.24) is 10.6 Å². The molecule has 0 heterocycles. The van der Waals surface area contributed by atoms with E-state index in [1.165, 1.54) is 6.42 Å². The highest BCUT2D eigenvalue weighted by atomic mass is 16.2. The molecule has 2 N–H and O–H groups in total. The number of carbonyl (C=O) groups excluding carboxylic acids is 1. The molecule has 1 amide bonds. The minimum Gasteiger partial charge on any atom is -0.355 e. The van der Waals surface area contributed by atoms with Gasteiger partial charge >= 0.3 is 0 Å². The van der Waals surface area contributed by atoms with E-state index in [4.69, 9.17) is 0 Å². The van der Waals surface area contributed by atoms with Crippen LogP contribution in [0.15, 0.2) is 0 Å². The standard InChI is InChI=1S/C11H22N2O/c1-3-9(2)8-12-6-7-13-11(14)10-4-5-10/h9-10,12H,3-8H2,1-2H3,(H,13,14)/t9-/m0/s1. The van der Waals surface area contributed by atoms with Gasteiger partial charge in [0.05, 0.1) is 0 Å². The molecular weight excluding hydrogens is 176 g/mol. The van der Waals surface area contributed by atoms with Crippen LogP contribution in [-0.4, -0.2) is 25.5 Å². The van der Waals surface area contributed by atoms with E-state index in [1.54, 1.807) is 0 Å². The van der Waals surface area contributed by atoms with Crippen LogP contribution in [0.2, 0.25) is 0 Å². The minimum atomic E-state index is 0.246. The molecule has 0 aromatic carbocycles. The quantitative estimate of drug-likeness (QED) is 0.602. The van der Waals surface area contributed by atoms with E-state index in [-0.39, 0.29) is 5.91 Å². The Morgan fingerprint density at radius 3 is 2.71 bits per heavy atom. The van der Waals surface area contributed by atoms with Crippen molar-refractivity contribution < 1.29 is 4.79 Å². The van der Waals surface area contributed by atoms with Crippen LogP contribution in [0.4, 0.5) is 0 Å². The fourth-order valence-electron chi connectivity index (χ4n) is 1.26. The number of hydrogen-bond donors (Lipinski definition) is 2. The van der Waals surface area contributed by atoms with Crippen molar-refractivity contribution in [1.29, 1.82) is 0 Å². The van der Waals surface area contributed by atoms with Crippen LogP contribution in [0.5, 0.6) is 0 Å². The summed E-state index contributed by atoms with van der Waals surface area (Å²) in [6, 6.07) is 0. The molecular formula is C11H22N2O. The molecule has 0 bridgehead atoms. The molecule has 1 rings (SSSR count). The first-order valence-corrected chi connectivity index (χ1v) is 5.72. The molecule has 0 saturated heterocycles. The maximum Gasteiger partial charge on any atom is 0.223 e. The molecule has 0 spiro atoms. The molecule has 0 aliphatic heterocycles. The highest BCUT2D eigenvalue weighted by Gasteiger charge is 2.28. The third kappa shape index (κ3) is 4.61. The summed E-state index contributed by atoms with van der Waals surface area (Å²) in [6.07, 6.45) is 3.39. The van der Waals surface area contributed by atoms with Gasteiger partial charge < -0.3 is 10.6 Å². The smallest absolute Gasteiger partial charge is 0.223 e. The summed E-state index contributed by atoms with van der Waals surface area (Å²) in [5.41, 5.74) is 0. The van der Waals surface area contributed by atoms with Crippen molar-refractivity contribution in [2.75, 3.05) is 19.6 Å². The number of nitrogens with one attached hydrogen (secondary N) is 2. The van der Waals surface area contributed by atoms with Gasteiger partial charge in [0.1, 0.15) is 0 Å². The van der Waals surface area contributed by atoms with Crippen LogP contribution >= 0.6 is 0 Å². The van der Waals surface area contributed by atoms with Crippen LogP contribution < -0.4 is 10.6 Å². The van der Waals surface area contributed by atoms with Crippen LogP contribution in [0.1, 0.15) is 33.1 Å². The summed E-state index contributed by atoms with van der Waals surface area (Å²) in [5, 5.41) is 6.27. The molecule has 3 heteroatoms. The van der Waals surface area contributed by atoms with E-state index in [0.717, 1.165) is 38.4 Å². The number of carbonyl (C=O) groups is 1. The van der Waals surface area contributed by atoms with Gasteiger partial charge in [0.25, 0.3) is 0 Å². The van der Waals surface area contributed by atoms with Crippen molar-refractivity contribution in [2.24, 2.45) is 11.8 Å².